The second kappa shape index (κ2) is 5.18. The minimum atomic E-state index is 0.649. The van der Waals surface area contributed by atoms with E-state index in [-0.39, 0.29) is 0 Å². The molecule has 0 saturated heterocycles. The summed E-state index contributed by atoms with van der Waals surface area (Å²) >= 11 is 0. The largest absolute Gasteiger partial charge is 0.291 e. The van der Waals surface area contributed by atoms with E-state index < -0.39 is 0 Å². The number of nitrogens with zero attached hydrogens (tertiary/aromatic N) is 3. The van der Waals surface area contributed by atoms with Gasteiger partial charge in [0.05, 0.1) is 5.69 Å². The molecule has 3 aromatic rings. The molecule has 3 nitrogen and oxygen atoms in total. The van der Waals surface area contributed by atoms with Gasteiger partial charge in [0.25, 0.3) is 0 Å². The van der Waals surface area contributed by atoms with E-state index in [0.29, 0.717) is 5.69 Å². The van der Waals surface area contributed by atoms with Crippen LogP contribution in [0.1, 0.15) is 22.5 Å². The van der Waals surface area contributed by atoms with Crippen LogP contribution in [0.3, 0.4) is 0 Å². The molecular weight excluding hydrogens is 246 g/mol. The summed E-state index contributed by atoms with van der Waals surface area (Å²) in [5, 5.41) is 9.36. The predicted octanol–water partition coefficient (Wildman–Crippen LogP) is 3.30. The molecule has 0 aliphatic heterocycles. The first-order valence-electron chi connectivity index (χ1n) is 6.69. The zero-order valence-electron chi connectivity index (χ0n) is 11.4. The van der Waals surface area contributed by atoms with Crippen molar-refractivity contribution < 1.29 is 0 Å². The highest BCUT2D eigenvalue weighted by atomic mass is 15.0. The molecule has 0 fully saturated rings. The zero-order valence-corrected chi connectivity index (χ0v) is 11.4. The van der Waals surface area contributed by atoms with E-state index in [0.717, 1.165) is 29.7 Å². The van der Waals surface area contributed by atoms with Crippen LogP contribution in [0.2, 0.25) is 0 Å². The number of imidazole rings is 1. The van der Waals surface area contributed by atoms with Gasteiger partial charge in [0.15, 0.2) is 0 Å². The van der Waals surface area contributed by atoms with Crippen molar-refractivity contribution in [1.29, 1.82) is 5.26 Å². The third-order valence-electron chi connectivity index (χ3n) is 3.45. The van der Waals surface area contributed by atoms with Gasteiger partial charge >= 0.3 is 0 Å². The highest BCUT2D eigenvalue weighted by Gasteiger charge is 2.11. The Morgan fingerprint density at radius 2 is 1.95 bits per heavy atom. The summed E-state index contributed by atoms with van der Waals surface area (Å²) in [7, 11) is 0. The van der Waals surface area contributed by atoms with Crippen LogP contribution in [0.15, 0.2) is 48.7 Å². The first kappa shape index (κ1) is 12.4. The SMILES string of the molecule is Cc1ccn2c(C#N)c(CCc3ccccc3)nc2c1. The van der Waals surface area contributed by atoms with Gasteiger partial charge in [-0.1, -0.05) is 30.3 Å². The lowest BCUT2D eigenvalue weighted by molar-refractivity contribution is 0.921. The average molecular weight is 261 g/mol. The molecule has 20 heavy (non-hydrogen) atoms. The van der Waals surface area contributed by atoms with E-state index >= 15 is 0 Å². The molecule has 2 aromatic heterocycles. The molecule has 0 spiro atoms. The summed E-state index contributed by atoms with van der Waals surface area (Å²) in [5.41, 5.74) is 4.80. The lowest BCUT2D eigenvalue weighted by atomic mass is 10.1. The van der Waals surface area contributed by atoms with Crippen molar-refractivity contribution in [1.82, 2.24) is 9.38 Å². The van der Waals surface area contributed by atoms with Crippen LogP contribution in [0.4, 0.5) is 0 Å². The van der Waals surface area contributed by atoms with Crippen LogP contribution in [0.5, 0.6) is 0 Å². The van der Waals surface area contributed by atoms with Crippen molar-refractivity contribution in [2.45, 2.75) is 19.8 Å². The van der Waals surface area contributed by atoms with Crippen molar-refractivity contribution in [3.63, 3.8) is 0 Å². The molecule has 0 atom stereocenters. The van der Waals surface area contributed by atoms with E-state index in [1.807, 2.05) is 47.9 Å². The number of aryl methyl sites for hydroxylation is 3. The smallest absolute Gasteiger partial charge is 0.147 e. The van der Waals surface area contributed by atoms with E-state index in [9.17, 15) is 5.26 Å². The number of aromatic nitrogens is 2. The Bertz CT molecular complexity index is 779. The van der Waals surface area contributed by atoms with E-state index in [1.54, 1.807) is 0 Å². The summed E-state index contributed by atoms with van der Waals surface area (Å²) < 4.78 is 1.87. The quantitative estimate of drug-likeness (QED) is 0.726. The molecule has 0 unspecified atom stereocenters. The Morgan fingerprint density at radius 1 is 1.15 bits per heavy atom. The maximum absolute atomic E-state index is 9.36. The van der Waals surface area contributed by atoms with Crippen LogP contribution in [0, 0.1) is 18.3 Å². The Balaban J connectivity index is 1.93. The highest BCUT2D eigenvalue weighted by molar-refractivity contribution is 5.49. The van der Waals surface area contributed by atoms with Gasteiger partial charge in [-0.2, -0.15) is 5.26 Å². The van der Waals surface area contributed by atoms with Crippen LogP contribution in [-0.2, 0) is 12.8 Å². The molecule has 1 aromatic carbocycles. The van der Waals surface area contributed by atoms with Crippen LogP contribution in [0.25, 0.3) is 5.65 Å². The summed E-state index contributed by atoms with van der Waals surface area (Å²) in [6.07, 6.45) is 3.61. The van der Waals surface area contributed by atoms with E-state index in [2.05, 4.69) is 23.2 Å². The number of rotatable bonds is 3. The van der Waals surface area contributed by atoms with Gasteiger partial charge in [0, 0.05) is 6.20 Å². The molecule has 98 valence electrons. The normalized spacial score (nSPS) is 10.6. The number of nitriles is 1. The summed E-state index contributed by atoms with van der Waals surface area (Å²) in [5.74, 6) is 0. The fraction of sp³-hybridized carbons (Fsp3) is 0.176. The third kappa shape index (κ3) is 2.28. The lowest BCUT2D eigenvalue weighted by Gasteiger charge is -1.99. The fourth-order valence-electron chi connectivity index (χ4n) is 2.40. The van der Waals surface area contributed by atoms with Crippen LogP contribution in [-0.4, -0.2) is 9.38 Å². The first-order valence-corrected chi connectivity index (χ1v) is 6.69. The molecule has 3 heteroatoms. The summed E-state index contributed by atoms with van der Waals surface area (Å²) in [6, 6.07) is 16.6. The molecule has 0 radical (unpaired) electrons. The van der Waals surface area contributed by atoms with Crippen molar-refractivity contribution in [2.24, 2.45) is 0 Å². The maximum atomic E-state index is 9.36. The monoisotopic (exact) mass is 261 g/mol. The molecule has 0 bridgehead atoms. The van der Waals surface area contributed by atoms with Crippen molar-refractivity contribution in [2.75, 3.05) is 0 Å². The summed E-state index contributed by atoms with van der Waals surface area (Å²) in [6.45, 7) is 2.03. The maximum Gasteiger partial charge on any atom is 0.147 e. The van der Waals surface area contributed by atoms with E-state index in [1.165, 1.54) is 5.56 Å². The lowest BCUT2D eigenvalue weighted by Crippen LogP contribution is -1.95. The molecule has 0 aliphatic rings. The molecular formula is C17H15N3. The number of fused-ring (bicyclic) bond motifs is 1. The molecule has 0 saturated carbocycles. The zero-order chi connectivity index (χ0) is 13.9. The molecule has 0 aliphatic carbocycles. The van der Waals surface area contributed by atoms with Gasteiger partial charge in [-0.25, -0.2) is 4.98 Å². The first-order chi connectivity index (χ1) is 9.78. The number of pyridine rings is 1. The molecule has 0 N–H and O–H groups in total. The van der Waals surface area contributed by atoms with Crippen LogP contribution >= 0.6 is 0 Å². The average Bonchev–Trinajstić information content (AvgIpc) is 2.82. The van der Waals surface area contributed by atoms with Gasteiger partial charge in [-0.05, 0) is 43.0 Å². The predicted molar refractivity (Wildman–Crippen MR) is 78.5 cm³/mol. The van der Waals surface area contributed by atoms with Crippen molar-refractivity contribution in [3.8, 4) is 6.07 Å². The second-order valence-electron chi connectivity index (χ2n) is 4.94. The Morgan fingerprint density at radius 3 is 2.70 bits per heavy atom. The number of hydrogen-bond acceptors (Lipinski definition) is 2. The fourth-order valence-corrected chi connectivity index (χ4v) is 2.40. The molecule has 0 amide bonds. The third-order valence-corrected chi connectivity index (χ3v) is 3.45. The molecule has 2 heterocycles. The van der Waals surface area contributed by atoms with Crippen molar-refractivity contribution in [3.05, 3.63) is 71.2 Å². The summed E-state index contributed by atoms with van der Waals surface area (Å²) in [4.78, 5) is 4.60. The van der Waals surface area contributed by atoms with Gasteiger partial charge in [-0.3, -0.25) is 4.40 Å². The molecule has 3 rings (SSSR count). The van der Waals surface area contributed by atoms with Crippen LogP contribution < -0.4 is 0 Å². The van der Waals surface area contributed by atoms with E-state index in [4.69, 9.17) is 0 Å². The van der Waals surface area contributed by atoms with Gasteiger partial charge < -0.3 is 0 Å². The minimum Gasteiger partial charge on any atom is -0.291 e. The standard InChI is InChI=1S/C17H15N3/c1-13-9-10-20-16(12-18)15(19-17(20)11-13)8-7-14-5-3-2-4-6-14/h2-6,9-11H,7-8H2,1H3. The van der Waals surface area contributed by atoms with Gasteiger partial charge in [0.2, 0.25) is 0 Å². The minimum absolute atomic E-state index is 0.649. The Labute approximate surface area is 118 Å². The van der Waals surface area contributed by atoms with Crippen molar-refractivity contribution >= 4 is 5.65 Å². The Kier molecular flexibility index (Phi) is 3.22. The van der Waals surface area contributed by atoms with Gasteiger partial charge in [0.1, 0.15) is 17.4 Å². The highest BCUT2D eigenvalue weighted by Crippen LogP contribution is 2.15. The number of benzene rings is 1. The second-order valence-corrected chi connectivity index (χ2v) is 4.94. The van der Waals surface area contributed by atoms with Gasteiger partial charge in [-0.15, -0.1) is 0 Å². The Hall–Kier alpha value is -2.60. The number of hydrogen-bond donors (Lipinski definition) is 0. The topological polar surface area (TPSA) is 41.1 Å².